The van der Waals surface area contributed by atoms with Gasteiger partial charge in [0, 0.05) is 6.42 Å². The second-order valence-corrected chi connectivity index (χ2v) is 4.63. The Morgan fingerprint density at radius 1 is 1.43 bits per heavy atom. The van der Waals surface area contributed by atoms with Crippen molar-refractivity contribution in [3.8, 4) is 5.75 Å². The molecule has 1 aliphatic heterocycles. The number of esters is 1. The van der Waals surface area contributed by atoms with E-state index in [9.17, 15) is 18.0 Å². The van der Waals surface area contributed by atoms with Crippen LogP contribution in [0, 0.1) is 0 Å². The molecule has 1 aromatic carbocycles. The first-order valence-electron chi connectivity index (χ1n) is 6.49. The van der Waals surface area contributed by atoms with Crippen LogP contribution in [-0.4, -0.2) is 31.4 Å². The number of hydrogen-bond acceptors (Lipinski definition) is 4. The lowest BCUT2D eigenvalue weighted by molar-refractivity contribution is -0.150. The third-order valence-electron chi connectivity index (χ3n) is 3.08. The molecule has 2 rings (SSSR count). The molecule has 1 heterocycles. The summed E-state index contributed by atoms with van der Waals surface area (Å²) in [6.07, 6.45) is -4.17. The first kappa shape index (κ1) is 15.6. The fourth-order valence-corrected chi connectivity index (χ4v) is 1.81. The zero-order valence-corrected chi connectivity index (χ0v) is 11.4. The number of alkyl halides is 3. The smallest absolute Gasteiger partial charge is 0.416 e. The van der Waals surface area contributed by atoms with Gasteiger partial charge in [-0.15, -0.1) is 0 Å². The van der Waals surface area contributed by atoms with Gasteiger partial charge >= 0.3 is 12.1 Å². The molecule has 1 aromatic rings. The SMILES string of the molecule is CCOC(=O)C1(CCOc2cccc(C(F)(F)F)c2)CO1. The van der Waals surface area contributed by atoms with E-state index in [0.717, 1.165) is 12.1 Å². The molecular weight excluding hydrogens is 289 g/mol. The van der Waals surface area contributed by atoms with Crippen molar-refractivity contribution in [3.63, 3.8) is 0 Å². The van der Waals surface area contributed by atoms with E-state index >= 15 is 0 Å². The lowest BCUT2D eigenvalue weighted by atomic mass is 10.1. The second-order valence-electron chi connectivity index (χ2n) is 4.63. The summed E-state index contributed by atoms with van der Waals surface area (Å²) in [6, 6.07) is 4.59. The fourth-order valence-electron chi connectivity index (χ4n) is 1.81. The fraction of sp³-hybridized carbons (Fsp3) is 0.500. The number of carbonyl (C=O) groups is 1. The van der Waals surface area contributed by atoms with Crippen LogP contribution in [0.3, 0.4) is 0 Å². The molecule has 0 amide bonds. The Morgan fingerprint density at radius 2 is 2.14 bits per heavy atom. The van der Waals surface area contributed by atoms with E-state index in [2.05, 4.69) is 0 Å². The van der Waals surface area contributed by atoms with Gasteiger partial charge in [-0.1, -0.05) is 6.07 Å². The van der Waals surface area contributed by atoms with E-state index in [1.54, 1.807) is 6.92 Å². The number of carbonyl (C=O) groups excluding carboxylic acids is 1. The maximum Gasteiger partial charge on any atom is 0.416 e. The maximum absolute atomic E-state index is 12.5. The largest absolute Gasteiger partial charge is 0.493 e. The zero-order chi connectivity index (χ0) is 15.5. The molecule has 1 unspecified atom stereocenters. The van der Waals surface area contributed by atoms with Crippen LogP contribution < -0.4 is 4.74 Å². The van der Waals surface area contributed by atoms with Crippen LogP contribution in [0.1, 0.15) is 18.9 Å². The highest BCUT2D eigenvalue weighted by Gasteiger charge is 2.53. The molecule has 21 heavy (non-hydrogen) atoms. The highest BCUT2D eigenvalue weighted by Crippen LogP contribution is 2.34. The van der Waals surface area contributed by atoms with Crippen molar-refractivity contribution in [1.29, 1.82) is 0 Å². The zero-order valence-electron chi connectivity index (χ0n) is 11.4. The van der Waals surface area contributed by atoms with Gasteiger partial charge in [-0.2, -0.15) is 13.2 Å². The van der Waals surface area contributed by atoms with E-state index in [1.165, 1.54) is 12.1 Å². The molecule has 0 bridgehead atoms. The second kappa shape index (κ2) is 5.93. The van der Waals surface area contributed by atoms with Gasteiger partial charge in [0.05, 0.1) is 25.4 Å². The quantitative estimate of drug-likeness (QED) is 0.599. The minimum Gasteiger partial charge on any atom is -0.493 e. The van der Waals surface area contributed by atoms with Crippen molar-refractivity contribution in [3.05, 3.63) is 29.8 Å². The molecule has 1 fully saturated rings. The highest BCUT2D eigenvalue weighted by molar-refractivity contribution is 5.82. The average Bonchev–Trinajstić information content (AvgIpc) is 3.20. The Morgan fingerprint density at radius 3 is 2.71 bits per heavy atom. The lowest BCUT2D eigenvalue weighted by Crippen LogP contribution is -2.29. The Balaban J connectivity index is 1.88. The molecule has 0 saturated carbocycles. The van der Waals surface area contributed by atoms with Gasteiger partial charge < -0.3 is 14.2 Å². The molecule has 0 N–H and O–H groups in total. The number of halogens is 3. The van der Waals surface area contributed by atoms with Crippen LogP contribution in [0.2, 0.25) is 0 Å². The summed E-state index contributed by atoms with van der Waals surface area (Å²) in [4.78, 5) is 11.6. The van der Waals surface area contributed by atoms with E-state index in [-0.39, 0.29) is 32.0 Å². The Kier molecular flexibility index (Phi) is 4.41. The minimum atomic E-state index is -4.41. The van der Waals surface area contributed by atoms with Crippen molar-refractivity contribution in [1.82, 2.24) is 0 Å². The van der Waals surface area contributed by atoms with E-state index in [0.29, 0.717) is 0 Å². The van der Waals surface area contributed by atoms with Crippen LogP contribution >= 0.6 is 0 Å². The summed E-state index contributed by atoms with van der Waals surface area (Å²) >= 11 is 0. The van der Waals surface area contributed by atoms with Crippen LogP contribution in [0.25, 0.3) is 0 Å². The van der Waals surface area contributed by atoms with Gasteiger partial charge in [0.25, 0.3) is 0 Å². The van der Waals surface area contributed by atoms with Crippen molar-refractivity contribution in [2.75, 3.05) is 19.8 Å². The molecule has 7 heteroatoms. The molecule has 1 aliphatic rings. The standard InChI is InChI=1S/C14H15F3O4/c1-2-19-12(18)13(9-21-13)6-7-20-11-5-3-4-10(8-11)14(15,16)17/h3-5,8H,2,6-7,9H2,1H3. The van der Waals surface area contributed by atoms with Crippen molar-refractivity contribution in [2.45, 2.75) is 25.1 Å². The van der Waals surface area contributed by atoms with E-state index < -0.39 is 23.3 Å². The number of hydrogen-bond donors (Lipinski definition) is 0. The normalized spacial score (nSPS) is 21.0. The van der Waals surface area contributed by atoms with Gasteiger partial charge in [0.1, 0.15) is 5.75 Å². The first-order valence-corrected chi connectivity index (χ1v) is 6.49. The molecule has 1 atom stereocenters. The summed E-state index contributed by atoms with van der Waals surface area (Å²) in [5.74, 6) is -0.359. The number of ether oxygens (including phenoxy) is 3. The summed E-state index contributed by atoms with van der Waals surface area (Å²) in [5, 5.41) is 0. The van der Waals surface area contributed by atoms with Crippen LogP contribution in [0.4, 0.5) is 13.2 Å². The summed E-state index contributed by atoms with van der Waals surface area (Å²) < 4.78 is 52.8. The van der Waals surface area contributed by atoms with Gasteiger partial charge in [0.2, 0.25) is 0 Å². The van der Waals surface area contributed by atoms with Gasteiger partial charge in [-0.25, -0.2) is 4.79 Å². The molecule has 116 valence electrons. The van der Waals surface area contributed by atoms with Gasteiger partial charge in [0.15, 0.2) is 5.60 Å². The predicted octanol–water partition coefficient (Wildman–Crippen LogP) is 2.81. The van der Waals surface area contributed by atoms with Gasteiger partial charge in [-0.05, 0) is 25.1 Å². The number of rotatable bonds is 6. The molecule has 0 aliphatic carbocycles. The summed E-state index contributed by atoms with van der Waals surface area (Å²) in [5.41, 5.74) is -1.76. The molecular formula is C14H15F3O4. The molecule has 4 nitrogen and oxygen atoms in total. The Bertz CT molecular complexity index is 509. The van der Waals surface area contributed by atoms with Gasteiger partial charge in [-0.3, -0.25) is 0 Å². The molecule has 1 saturated heterocycles. The summed E-state index contributed by atoms with van der Waals surface area (Å²) in [7, 11) is 0. The van der Waals surface area contributed by atoms with Crippen molar-refractivity contribution in [2.24, 2.45) is 0 Å². The van der Waals surface area contributed by atoms with Crippen LogP contribution in [0.15, 0.2) is 24.3 Å². The average molecular weight is 304 g/mol. The predicted molar refractivity (Wildman–Crippen MR) is 66.9 cm³/mol. The number of benzene rings is 1. The summed E-state index contributed by atoms with van der Waals surface area (Å²) in [6.45, 7) is 2.25. The number of epoxide rings is 1. The van der Waals surface area contributed by atoms with E-state index in [1.807, 2.05) is 0 Å². The third kappa shape index (κ3) is 3.87. The van der Waals surface area contributed by atoms with Crippen LogP contribution in [0.5, 0.6) is 5.75 Å². The third-order valence-corrected chi connectivity index (χ3v) is 3.08. The Hall–Kier alpha value is -1.76. The van der Waals surface area contributed by atoms with E-state index in [4.69, 9.17) is 14.2 Å². The topological polar surface area (TPSA) is 48.1 Å². The Labute approximate surface area is 119 Å². The molecule has 0 spiro atoms. The van der Waals surface area contributed by atoms with Crippen molar-refractivity contribution < 1.29 is 32.2 Å². The monoisotopic (exact) mass is 304 g/mol. The first-order chi connectivity index (χ1) is 9.87. The van der Waals surface area contributed by atoms with Crippen LogP contribution in [-0.2, 0) is 20.4 Å². The molecule has 0 aromatic heterocycles. The lowest BCUT2D eigenvalue weighted by Gasteiger charge is -2.13. The van der Waals surface area contributed by atoms with Crippen molar-refractivity contribution >= 4 is 5.97 Å². The highest BCUT2D eigenvalue weighted by atomic mass is 19.4. The molecule has 0 radical (unpaired) electrons. The maximum atomic E-state index is 12.5. The minimum absolute atomic E-state index is 0.0696.